The van der Waals surface area contributed by atoms with Gasteiger partial charge in [0.2, 0.25) is 0 Å². The third-order valence-corrected chi connectivity index (χ3v) is 6.52. The van der Waals surface area contributed by atoms with Crippen LogP contribution in [0, 0.1) is 0 Å². The fourth-order valence-electron chi connectivity index (χ4n) is 0.625. The van der Waals surface area contributed by atoms with Crippen molar-refractivity contribution in [1.82, 2.24) is 4.98 Å². The molecule has 0 unspecified atom stereocenters. The molecule has 1 aromatic heterocycles. The zero-order chi connectivity index (χ0) is 8.27. The summed E-state index contributed by atoms with van der Waals surface area (Å²) >= 11 is 7.93. The summed E-state index contributed by atoms with van der Waals surface area (Å²) in [6.45, 7) is 2.11. The van der Waals surface area contributed by atoms with Crippen molar-refractivity contribution in [3.8, 4) is 0 Å². The monoisotopic (exact) mass is 258 g/mol. The van der Waals surface area contributed by atoms with Crippen LogP contribution in [0.1, 0.15) is 17.6 Å². The SMILES string of the molecule is CCc1csc(C(=S)[S][GaH])n1. The molecule has 1 nitrogen and oxygen atoms in total. The Balaban J connectivity index is 2.80. The summed E-state index contributed by atoms with van der Waals surface area (Å²) in [6.07, 6.45) is 1.00. The Labute approximate surface area is 88.7 Å². The van der Waals surface area contributed by atoms with Gasteiger partial charge in [-0.3, -0.25) is 0 Å². The van der Waals surface area contributed by atoms with Crippen molar-refractivity contribution in [1.29, 1.82) is 0 Å². The Morgan fingerprint density at radius 1 is 1.91 bits per heavy atom. The summed E-state index contributed by atoms with van der Waals surface area (Å²) in [5.74, 6) is 0. The van der Waals surface area contributed by atoms with Gasteiger partial charge >= 0.3 is 89.2 Å². The molecule has 1 rings (SSSR count). The first-order chi connectivity index (χ1) is 5.27. The quantitative estimate of drug-likeness (QED) is 0.595. The van der Waals surface area contributed by atoms with Crippen molar-refractivity contribution < 1.29 is 0 Å². The van der Waals surface area contributed by atoms with Gasteiger partial charge in [0.25, 0.3) is 0 Å². The molecule has 0 saturated heterocycles. The van der Waals surface area contributed by atoms with Crippen LogP contribution in [0.15, 0.2) is 5.38 Å². The van der Waals surface area contributed by atoms with Gasteiger partial charge in [-0.05, 0) is 0 Å². The summed E-state index contributed by atoms with van der Waals surface area (Å²) in [5, 5.41) is 3.10. The molecule has 0 saturated carbocycles. The molecule has 0 bridgehead atoms. The first-order valence-electron chi connectivity index (χ1n) is 3.18. The second-order valence-corrected chi connectivity index (χ2v) is 5.97. The minimum absolute atomic E-state index is 0.953. The molecule has 0 atom stereocenters. The predicted octanol–water partition coefficient (Wildman–Crippen LogP) is 1.93. The van der Waals surface area contributed by atoms with Crippen molar-refractivity contribution in [2.45, 2.75) is 13.3 Å². The third-order valence-electron chi connectivity index (χ3n) is 1.22. The van der Waals surface area contributed by atoms with E-state index in [1.165, 1.54) is 0 Å². The molecule has 0 aromatic carbocycles. The summed E-state index contributed by atoms with van der Waals surface area (Å²) in [4.78, 5) is 4.38. The van der Waals surface area contributed by atoms with E-state index in [1.807, 2.05) is 0 Å². The molecule has 0 aliphatic carbocycles. The van der Waals surface area contributed by atoms with E-state index >= 15 is 0 Å². The van der Waals surface area contributed by atoms with Gasteiger partial charge in [-0.2, -0.15) is 0 Å². The molecular formula is C6H7GaNS3. The van der Waals surface area contributed by atoms with Gasteiger partial charge in [0.05, 0.1) is 0 Å². The van der Waals surface area contributed by atoms with Crippen LogP contribution >= 0.6 is 33.3 Å². The fraction of sp³-hybridized carbons (Fsp3) is 0.333. The number of aryl methyl sites for hydroxylation is 1. The zero-order valence-electron chi connectivity index (χ0n) is 6.16. The maximum atomic E-state index is 5.13. The van der Waals surface area contributed by atoms with E-state index in [4.69, 9.17) is 12.2 Å². The molecule has 0 amide bonds. The predicted molar refractivity (Wildman–Crippen MR) is 57.9 cm³/mol. The molecule has 0 N–H and O–H groups in total. The molecule has 57 valence electrons. The summed E-state index contributed by atoms with van der Waals surface area (Å²) in [5.41, 5.74) is 1.15. The van der Waals surface area contributed by atoms with E-state index in [0.717, 1.165) is 38.7 Å². The molecule has 0 fully saturated rings. The molecule has 0 aliphatic rings. The fourth-order valence-corrected chi connectivity index (χ4v) is 3.56. The standard InChI is InChI=1S/C6H7NS3.Ga.H/c1-2-4-3-10-5(7-4)6(8)9;;/h3H,2H2,1H3,(H,8,9);;/q;+1;/p-1. The Kier molecular flexibility index (Phi) is 4.15. The maximum absolute atomic E-state index is 5.13. The van der Waals surface area contributed by atoms with Crippen LogP contribution in [0.2, 0.25) is 0 Å². The van der Waals surface area contributed by atoms with E-state index in [2.05, 4.69) is 17.3 Å². The number of thiazole rings is 1. The van der Waals surface area contributed by atoms with Gasteiger partial charge in [-0.25, -0.2) is 0 Å². The second-order valence-electron chi connectivity index (χ2n) is 1.93. The van der Waals surface area contributed by atoms with Crippen molar-refractivity contribution in [3.05, 3.63) is 16.1 Å². The normalized spacial score (nSPS) is 9.91. The first-order valence-corrected chi connectivity index (χ1v) is 9.09. The number of hydrogen-bond acceptors (Lipinski definition) is 4. The van der Waals surface area contributed by atoms with E-state index in [0.29, 0.717) is 0 Å². The van der Waals surface area contributed by atoms with Gasteiger partial charge in [0, 0.05) is 0 Å². The number of nitrogens with zero attached hydrogens (tertiary/aromatic N) is 1. The van der Waals surface area contributed by atoms with E-state index in [-0.39, 0.29) is 0 Å². The van der Waals surface area contributed by atoms with Crippen LogP contribution in [0.5, 0.6) is 0 Å². The van der Waals surface area contributed by atoms with Gasteiger partial charge in [-0.15, -0.1) is 0 Å². The summed E-state index contributed by atoms with van der Waals surface area (Å²) in [6, 6.07) is 0. The minimum atomic E-state index is 0.953. The average molecular weight is 259 g/mol. The zero-order valence-corrected chi connectivity index (χ0v) is 11.6. The van der Waals surface area contributed by atoms with Crippen LogP contribution in [0.3, 0.4) is 0 Å². The van der Waals surface area contributed by atoms with Crippen molar-refractivity contribution in [2.75, 3.05) is 0 Å². The van der Waals surface area contributed by atoms with E-state index in [1.54, 1.807) is 21.0 Å². The second kappa shape index (κ2) is 4.66. The van der Waals surface area contributed by atoms with E-state index in [9.17, 15) is 0 Å². The van der Waals surface area contributed by atoms with Crippen molar-refractivity contribution in [2.24, 2.45) is 0 Å². The third kappa shape index (κ3) is 2.59. The van der Waals surface area contributed by atoms with Crippen LogP contribution in [-0.4, -0.2) is 26.6 Å². The molecule has 1 heterocycles. The molecule has 11 heavy (non-hydrogen) atoms. The number of aromatic nitrogens is 1. The molecule has 5 heteroatoms. The van der Waals surface area contributed by atoms with Gasteiger partial charge < -0.3 is 0 Å². The molecule has 0 aliphatic heterocycles. The Morgan fingerprint density at radius 2 is 2.64 bits per heavy atom. The van der Waals surface area contributed by atoms with Crippen LogP contribution in [-0.2, 0) is 6.42 Å². The Hall–Kier alpha value is 0.706. The van der Waals surface area contributed by atoms with E-state index < -0.39 is 0 Å². The molecule has 1 aromatic rings. The van der Waals surface area contributed by atoms with Crippen LogP contribution in [0.4, 0.5) is 0 Å². The average Bonchev–Trinajstić information content (AvgIpc) is 2.50. The molecule has 0 spiro atoms. The number of thiocarbonyl (C=S) groups is 1. The summed E-state index contributed by atoms with van der Waals surface area (Å²) in [7, 11) is 1.71. The van der Waals surface area contributed by atoms with Crippen LogP contribution in [0.25, 0.3) is 0 Å². The summed E-state index contributed by atoms with van der Waals surface area (Å²) < 4.78 is 0.953. The molecule has 1 radical (unpaired) electrons. The van der Waals surface area contributed by atoms with Gasteiger partial charge in [-0.1, -0.05) is 0 Å². The molecular weight excluding hydrogens is 252 g/mol. The van der Waals surface area contributed by atoms with Crippen molar-refractivity contribution in [3.63, 3.8) is 0 Å². The van der Waals surface area contributed by atoms with Crippen LogP contribution < -0.4 is 0 Å². The van der Waals surface area contributed by atoms with Crippen molar-refractivity contribution >= 4 is 54.8 Å². The Morgan fingerprint density at radius 3 is 3.09 bits per heavy atom. The number of rotatable bonds is 2. The topological polar surface area (TPSA) is 12.9 Å². The first kappa shape index (κ1) is 9.79. The number of hydrogen-bond donors (Lipinski definition) is 0. The van der Waals surface area contributed by atoms with Gasteiger partial charge in [0.1, 0.15) is 0 Å². The Bertz CT molecular complexity index is 258. The van der Waals surface area contributed by atoms with Gasteiger partial charge in [0.15, 0.2) is 0 Å².